The van der Waals surface area contributed by atoms with Crippen molar-refractivity contribution in [2.24, 2.45) is 10.7 Å². The van der Waals surface area contributed by atoms with E-state index in [-0.39, 0.29) is 24.0 Å². The van der Waals surface area contributed by atoms with Crippen molar-refractivity contribution in [1.82, 2.24) is 0 Å². The van der Waals surface area contributed by atoms with Crippen LogP contribution < -0.4 is 5.73 Å². The maximum absolute atomic E-state index is 8.02. The first-order valence-electron chi connectivity index (χ1n) is 2.41. The van der Waals surface area contributed by atoms with Crippen LogP contribution >= 0.6 is 24.0 Å². The number of hydrogen-bond donors (Lipinski definition) is 1. The predicted octanol–water partition coefficient (Wildman–Crippen LogP) is 0.895. The van der Waals surface area contributed by atoms with E-state index in [1.54, 1.807) is 6.92 Å². The van der Waals surface area contributed by atoms with Gasteiger partial charge in [0.15, 0.2) is 0 Å². The highest BCUT2D eigenvalue weighted by molar-refractivity contribution is 14.0. The highest BCUT2D eigenvalue weighted by Crippen LogP contribution is 1.75. The number of nitrogens with zero attached hydrogens (tertiary/aromatic N) is 2. The fourth-order valence-corrected chi connectivity index (χ4v) is 0.282. The molecule has 52 valence electrons. The van der Waals surface area contributed by atoms with Gasteiger partial charge in [0, 0.05) is 0 Å². The van der Waals surface area contributed by atoms with E-state index < -0.39 is 0 Å². The normalized spacial score (nSPS) is 9.56. The molecule has 0 aromatic heterocycles. The second kappa shape index (κ2) is 7.69. The summed E-state index contributed by atoms with van der Waals surface area (Å²) in [6.45, 7) is 2.23. The molecule has 0 saturated carbocycles. The average molecular weight is 239 g/mol. The van der Waals surface area contributed by atoms with Crippen molar-refractivity contribution in [1.29, 1.82) is 5.26 Å². The predicted molar refractivity (Wildman–Crippen MR) is 47.8 cm³/mol. The number of rotatable bonds is 2. The monoisotopic (exact) mass is 239 g/mol. The summed E-state index contributed by atoms with van der Waals surface area (Å²) in [5.41, 5.74) is 5.17. The van der Waals surface area contributed by atoms with Crippen LogP contribution in [0.1, 0.15) is 13.3 Å². The van der Waals surface area contributed by atoms with E-state index >= 15 is 0 Å². The van der Waals surface area contributed by atoms with Crippen LogP contribution in [0.15, 0.2) is 4.99 Å². The topological polar surface area (TPSA) is 62.2 Å². The van der Waals surface area contributed by atoms with Gasteiger partial charge in [-0.15, -0.1) is 24.0 Å². The molecule has 0 unspecified atom stereocenters. The summed E-state index contributed by atoms with van der Waals surface area (Å²) >= 11 is 0. The molecule has 0 aliphatic carbocycles. The molecule has 0 saturated heterocycles. The minimum Gasteiger partial charge on any atom is -0.388 e. The van der Waals surface area contributed by atoms with Crippen molar-refractivity contribution in [3.63, 3.8) is 0 Å². The van der Waals surface area contributed by atoms with Crippen molar-refractivity contribution in [2.75, 3.05) is 6.54 Å². The highest BCUT2D eigenvalue weighted by Gasteiger charge is 1.78. The number of nitriles is 1. The highest BCUT2D eigenvalue weighted by atomic mass is 127. The maximum Gasteiger partial charge on any atom is 0.0906 e. The molecular formula is C5H10IN3. The van der Waals surface area contributed by atoms with E-state index in [9.17, 15) is 0 Å². The van der Waals surface area contributed by atoms with Crippen molar-refractivity contribution >= 4 is 29.8 Å². The van der Waals surface area contributed by atoms with Crippen molar-refractivity contribution in [2.45, 2.75) is 13.3 Å². The second-order valence-corrected chi connectivity index (χ2v) is 1.43. The Hall–Kier alpha value is -0.310. The Bertz CT molecular complexity index is 121. The molecule has 0 radical (unpaired) electrons. The minimum atomic E-state index is 0. The molecule has 3 nitrogen and oxygen atoms in total. The number of nitrogens with two attached hydrogens (primary N) is 1. The fraction of sp³-hybridized carbons (Fsp3) is 0.600. The molecule has 0 amide bonds. The molecule has 0 aliphatic heterocycles. The lowest BCUT2D eigenvalue weighted by atomic mass is 10.5. The molecular weight excluding hydrogens is 229 g/mol. The van der Waals surface area contributed by atoms with Gasteiger partial charge in [0.1, 0.15) is 0 Å². The summed E-state index contributed by atoms with van der Waals surface area (Å²) < 4.78 is 0. The third kappa shape index (κ3) is 11.3. The van der Waals surface area contributed by atoms with E-state index in [2.05, 4.69) is 4.99 Å². The Morgan fingerprint density at radius 3 is 2.67 bits per heavy atom. The van der Waals surface area contributed by atoms with Crippen LogP contribution in [0.25, 0.3) is 0 Å². The van der Waals surface area contributed by atoms with Gasteiger partial charge in [-0.3, -0.25) is 4.99 Å². The summed E-state index contributed by atoms with van der Waals surface area (Å²) in [6, 6.07) is 1.96. The number of aliphatic imine (C=N–C) groups is 1. The molecule has 0 heterocycles. The minimum absolute atomic E-state index is 0. The molecule has 2 N–H and O–H groups in total. The van der Waals surface area contributed by atoms with Crippen LogP contribution in [0.5, 0.6) is 0 Å². The summed E-state index contributed by atoms with van der Waals surface area (Å²) in [4.78, 5) is 3.79. The van der Waals surface area contributed by atoms with Gasteiger partial charge in [0.25, 0.3) is 0 Å². The first-order valence-corrected chi connectivity index (χ1v) is 2.41. The van der Waals surface area contributed by atoms with Crippen molar-refractivity contribution in [3.05, 3.63) is 0 Å². The first-order chi connectivity index (χ1) is 3.77. The first kappa shape index (κ1) is 11.5. The van der Waals surface area contributed by atoms with Crippen molar-refractivity contribution in [3.8, 4) is 6.07 Å². The zero-order valence-electron chi connectivity index (χ0n) is 5.29. The molecule has 9 heavy (non-hydrogen) atoms. The van der Waals surface area contributed by atoms with Gasteiger partial charge in [-0.05, 0) is 6.92 Å². The number of hydrogen-bond acceptors (Lipinski definition) is 2. The lowest BCUT2D eigenvalue weighted by Crippen LogP contribution is -2.05. The molecule has 0 aliphatic rings. The standard InChI is InChI=1S/C5H9N3.HI/c1-5(7)8-4-2-3-6;/h2,4H2,1H3,(H2,7,8);1H. The molecule has 0 aromatic rings. The van der Waals surface area contributed by atoms with Gasteiger partial charge < -0.3 is 5.73 Å². The van der Waals surface area contributed by atoms with Gasteiger partial charge in [-0.25, -0.2) is 0 Å². The van der Waals surface area contributed by atoms with E-state index in [1.807, 2.05) is 6.07 Å². The van der Waals surface area contributed by atoms with Crippen LogP contribution in [0.4, 0.5) is 0 Å². The van der Waals surface area contributed by atoms with E-state index in [0.29, 0.717) is 18.8 Å². The van der Waals surface area contributed by atoms with E-state index in [1.165, 1.54) is 0 Å². The molecule has 0 atom stereocenters. The smallest absolute Gasteiger partial charge is 0.0906 e. The summed E-state index contributed by atoms with van der Waals surface area (Å²) in [5.74, 6) is 0.542. The van der Waals surface area contributed by atoms with Crippen LogP contribution in [0.2, 0.25) is 0 Å². The number of amidine groups is 1. The van der Waals surface area contributed by atoms with Gasteiger partial charge >= 0.3 is 0 Å². The lowest BCUT2D eigenvalue weighted by Gasteiger charge is -1.85. The largest absolute Gasteiger partial charge is 0.388 e. The quantitative estimate of drug-likeness (QED) is 0.336. The van der Waals surface area contributed by atoms with Gasteiger partial charge in [0.05, 0.1) is 24.9 Å². The zero-order valence-corrected chi connectivity index (χ0v) is 7.62. The Morgan fingerprint density at radius 2 is 2.33 bits per heavy atom. The Balaban J connectivity index is 0. The van der Waals surface area contributed by atoms with Gasteiger partial charge in [0.2, 0.25) is 0 Å². The summed E-state index contributed by atoms with van der Waals surface area (Å²) in [5, 5.41) is 8.02. The average Bonchev–Trinajstić information content (AvgIpc) is 1.66. The third-order valence-corrected chi connectivity index (χ3v) is 0.585. The molecule has 0 spiro atoms. The molecule has 0 fully saturated rings. The van der Waals surface area contributed by atoms with E-state index in [0.717, 1.165) is 0 Å². The molecule has 0 bridgehead atoms. The van der Waals surface area contributed by atoms with Crippen LogP contribution in [-0.2, 0) is 0 Å². The molecule has 0 aromatic carbocycles. The third-order valence-electron chi connectivity index (χ3n) is 0.585. The Kier molecular flexibility index (Phi) is 9.81. The summed E-state index contributed by atoms with van der Waals surface area (Å²) in [6.07, 6.45) is 0.453. The van der Waals surface area contributed by atoms with Crippen molar-refractivity contribution < 1.29 is 0 Å². The SMILES string of the molecule is CC(N)=NCCC#N.I. The second-order valence-electron chi connectivity index (χ2n) is 1.43. The van der Waals surface area contributed by atoms with Gasteiger partial charge in [-0.2, -0.15) is 5.26 Å². The fourth-order valence-electron chi connectivity index (χ4n) is 0.282. The zero-order chi connectivity index (χ0) is 6.41. The lowest BCUT2D eigenvalue weighted by molar-refractivity contribution is 1.01. The van der Waals surface area contributed by atoms with Gasteiger partial charge in [-0.1, -0.05) is 0 Å². The Labute approximate surface area is 72.0 Å². The molecule has 4 heteroatoms. The molecule has 0 rings (SSSR count). The van der Waals surface area contributed by atoms with Crippen LogP contribution in [0, 0.1) is 11.3 Å². The van der Waals surface area contributed by atoms with E-state index in [4.69, 9.17) is 11.0 Å². The summed E-state index contributed by atoms with van der Waals surface area (Å²) in [7, 11) is 0. The maximum atomic E-state index is 8.02. The van der Waals surface area contributed by atoms with Crippen LogP contribution in [0.3, 0.4) is 0 Å². The van der Waals surface area contributed by atoms with Crippen LogP contribution in [-0.4, -0.2) is 12.4 Å². The number of halogens is 1. The Morgan fingerprint density at radius 1 is 1.78 bits per heavy atom.